The average Bonchev–Trinajstić information content (AvgIpc) is 2.56. The summed E-state index contributed by atoms with van der Waals surface area (Å²) in [4.78, 5) is 0. The van der Waals surface area contributed by atoms with Gasteiger partial charge < -0.3 is 14.2 Å². The topological polar surface area (TPSA) is 27.7 Å². The van der Waals surface area contributed by atoms with E-state index in [1.54, 1.807) is 14.2 Å². The zero-order valence-corrected chi connectivity index (χ0v) is 12.6. The van der Waals surface area contributed by atoms with Crippen molar-refractivity contribution in [3.8, 4) is 0 Å². The molecule has 21 heavy (non-hydrogen) atoms. The minimum atomic E-state index is -0.147. The van der Waals surface area contributed by atoms with Gasteiger partial charge in [0.15, 0.2) is 6.29 Å². The summed E-state index contributed by atoms with van der Waals surface area (Å²) in [6.07, 6.45) is 1.88. The molecule has 0 N–H and O–H groups in total. The Bertz CT molecular complexity index is 587. The summed E-state index contributed by atoms with van der Waals surface area (Å²) in [5.41, 5.74) is 1.27. The van der Waals surface area contributed by atoms with Crippen LogP contribution in [0.15, 0.2) is 42.5 Å². The lowest BCUT2D eigenvalue weighted by Gasteiger charge is -2.33. The highest BCUT2D eigenvalue weighted by molar-refractivity contribution is 5.86. The molecule has 0 saturated carbocycles. The molecule has 3 heteroatoms. The van der Waals surface area contributed by atoms with Crippen molar-refractivity contribution in [3.05, 3.63) is 48.0 Å². The third-order valence-electron chi connectivity index (χ3n) is 4.34. The zero-order chi connectivity index (χ0) is 14.7. The summed E-state index contributed by atoms with van der Waals surface area (Å²) < 4.78 is 16.9. The van der Waals surface area contributed by atoms with Gasteiger partial charge in [-0.2, -0.15) is 0 Å². The molecule has 0 aromatic heterocycles. The largest absolute Gasteiger partial charge is 0.373 e. The zero-order valence-electron chi connectivity index (χ0n) is 12.6. The van der Waals surface area contributed by atoms with Crippen LogP contribution in [0.25, 0.3) is 10.8 Å². The maximum atomic E-state index is 6.03. The van der Waals surface area contributed by atoms with Crippen LogP contribution in [0.1, 0.15) is 24.5 Å². The van der Waals surface area contributed by atoms with Crippen molar-refractivity contribution in [2.75, 3.05) is 20.8 Å². The molecular formula is C18H22O3. The predicted molar refractivity (Wildman–Crippen MR) is 83.2 cm³/mol. The molecule has 2 aromatic rings. The Labute approximate surface area is 125 Å². The second kappa shape index (κ2) is 6.56. The number of benzene rings is 2. The highest BCUT2D eigenvalue weighted by Crippen LogP contribution is 2.37. The summed E-state index contributed by atoms with van der Waals surface area (Å²) in [5, 5.41) is 2.53. The molecule has 0 spiro atoms. The Morgan fingerprint density at radius 3 is 2.62 bits per heavy atom. The van der Waals surface area contributed by atoms with Crippen LogP contribution in [0.2, 0.25) is 0 Å². The molecule has 0 amide bonds. The number of hydrogen-bond acceptors (Lipinski definition) is 3. The fourth-order valence-corrected chi connectivity index (χ4v) is 3.30. The van der Waals surface area contributed by atoms with E-state index >= 15 is 0 Å². The summed E-state index contributed by atoms with van der Waals surface area (Å²) in [7, 11) is 3.41. The molecule has 2 atom stereocenters. The summed E-state index contributed by atoms with van der Waals surface area (Å²) >= 11 is 0. The van der Waals surface area contributed by atoms with E-state index in [1.807, 2.05) is 0 Å². The van der Waals surface area contributed by atoms with Crippen molar-refractivity contribution < 1.29 is 14.2 Å². The average molecular weight is 286 g/mol. The summed E-state index contributed by atoms with van der Waals surface area (Å²) in [6.45, 7) is 0.752. The second-order valence-electron chi connectivity index (χ2n) is 5.55. The van der Waals surface area contributed by atoms with Crippen molar-refractivity contribution in [1.29, 1.82) is 0 Å². The third-order valence-corrected chi connectivity index (χ3v) is 4.34. The van der Waals surface area contributed by atoms with Gasteiger partial charge in [-0.1, -0.05) is 42.5 Å². The van der Waals surface area contributed by atoms with Crippen LogP contribution in [-0.4, -0.2) is 27.1 Å². The van der Waals surface area contributed by atoms with Crippen LogP contribution >= 0.6 is 0 Å². The quantitative estimate of drug-likeness (QED) is 0.797. The summed E-state index contributed by atoms with van der Waals surface area (Å²) in [6, 6.07) is 14.9. The molecule has 0 unspecified atom stereocenters. The molecular weight excluding hydrogens is 264 g/mol. The first kappa shape index (κ1) is 14.5. The number of ether oxygens (including phenoxy) is 3. The summed E-state index contributed by atoms with van der Waals surface area (Å²) in [5.74, 6) is 0.373. The minimum Gasteiger partial charge on any atom is -0.373 e. The van der Waals surface area contributed by atoms with Crippen LogP contribution in [0.3, 0.4) is 0 Å². The van der Waals surface area contributed by atoms with Gasteiger partial charge in [0.1, 0.15) is 0 Å². The highest BCUT2D eigenvalue weighted by Gasteiger charge is 2.30. The Morgan fingerprint density at radius 2 is 1.81 bits per heavy atom. The van der Waals surface area contributed by atoms with E-state index in [0.717, 1.165) is 19.4 Å². The lowest BCUT2D eigenvalue weighted by Crippen LogP contribution is -2.31. The number of fused-ring (bicyclic) bond motifs is 1. The molecule has 3 rings (SSSR count). The van der Waals surface area contributed by atoms with Gasteiger partial charge in [-0.25, -0.2) is 0 Å². The molecule has 0 bridgehead atoms. The van der Waals surface area contributed by atoms with Gasteiger partial charge in [0, 0.05) is 26.7 Å². The van der Waals surface area contributed by atoms with E-state index in [0.29, 0.717) is 5.92 Å². The van der Waals surface area contributed by atoms with Crippen molar-refractivity contribution in [1.82, 2.24) is 0 Å². The van der Waals surface area contributed by atoms with Gasteiger partial charge >= 0.3 is 0 Å². The first-order chi connectivity index (χ1) is 10.3. The van der Waals surface area contributed by atoms with Gasteiger partial charge in [0.25, 0.3) is 0 Å². The smallest absolute Gasteiger partial charge is 0.159 e. The van der Waals surface area contributed by atoms with E-state index in [2.05, 4.69) is 42.5 Å². The second-order valence-corrected chi connectivity index (χ2v) is 5.55. The van der Waals surface area contributed by atoms with Crippen LogP contribution in [0, 0.1) is 5.92 Å². The van der Waals surface area contributed by atoms with E-state index in [-0.39, 0.29) is 12.4 Å². The molecule has 1 fully saturated rings. The van der Waals surface area contributed by atoms with E-state index < -0.39 is 0 Å². The molecule has 1 heterocycles. The molecule has 1 saturated heterocycles. The van der Waals surface area contributed by atoms with E-state index in [1.165, 1.54) is 16.3 Å². The van der Waals surface area contributed by atoms with Gasteiger partial charge in [0.05, 0.1) is 6.10 Å². The maximum Gasteiger partial charge on any atom is 0.159 e. The van der Waals surface area contributed by atoms with Gasteiger partial charge in [-0.3, -0.25) is 0 Å². The minimum absolute atomic E-state index is 0.114. The molecule has 0 aliphatic carbocycles. The van der Waals surface area contributed by atoms with Gasteiger partial charge in [0.2, 0.25) is 0 Å². The molecule has 1 aliphatic rings. The van der Waals surface area contributed by atoms with E-state index in [9.17, 15) is 0 Å². The molecule has 2 aromatic carbocycles. The maximum absolute atomic E-state index is 6.03. The molecule has 112 valence electrons. The van der Waals surface area contributed by atoms with Gasteiger partial charge in [-0.15, -0.1) is 0 Å². The molecule has 0 radical (unpaired) electrons. The number of methoxy groups -OCH3 is 2. The van der Waals surface area contributed by atoms with Crippen molar-refractivity contribution in [2.24, 2.45) is 5.92 Å². The number of rotatable bonds is 4. The molecule has 3 nitrogen and oxygen atoms in total. The van der Waals surface area contributed by atoms with Crippen molar-refractivity contribution >= 4 is 10.8 Å². The first-order valence-electron chi connectivity index (χ1n) is 7.48. The Kier molecular flexibility index (Phi) is 4.54. The fraction of sp³-hybridized carbons (Fsp3) is 0.444. The lowest BCUT2D eigenvalue weighted by molar-refractivity contribution is -0.165. The highest BCUT2D eigenvalue weighted by atomic mass is 16.7. The normalized spacial score (nSPS) is 22.8. The Hall–Kier alpha value is -1.42. The Morgan fingerprint density at radius 1 is 1.05 bits per heavy atom. The Balaban J connectivity index is 1.88. The van der Waals surface area contributed by atoms with Crippen molar-refractivity contribution in [3.63, 3.8) is 0 Å². The van der Waals surface area contributed by atoms with E-state index in [4.69, 9.17) is 14.2 Å². The number of hydrogen-bond donors (Lipinski definition) is 0. The lowest BCUT2D eigenvalue weighted by atomic mass is 9.89. The first-order valence-corrected chi connectivity index (χ1v) is 7.48. The molecule has 1 aliphatic heterocycles. The van der Waals surface area contributed by atoms with Crippen LogP contribution in [0.4, 0.5) is 0 Å². The SMILES string of the molecule is COC(OC)[C@@H]1CCO[C@H](c2cccc3ccccc23)C1. The van der Waals surface area contributed by atoms with Crippen LogP contribution < -0.4 is 0 Å². The van der Waals surface area contributed by atoms with Crippen LogP contribution in [-0.2, 0) is 14.2 Å². The van der Waals surface area contributed by atoms with Crippen LogP contribution in [0.5, 0.6) is 0 Å². The monoisotopic (exact) mass is 286 g/mol. The van der Waals surface area contributed by atoms with Crippen molar-refractivity contribution in [2.45, 2.75) is 25.2 Å². The predicted octanol–water partition coefficient (Wildman–Crippen LogP) is 3.93. The fourth-order valence-electron chi connectivity index (χ4n) is 3.30. The standard InChI is InChI=1S/C18H22O3/c1-19-18(20-2)14-10-11-21-17(12-14)16-9-5-7-13-6-3-4-8-15(13)16/h3-9,14,17-18H,10-12H2,1-2H3/t14-,17+/m1/s1. The van der Waals surface area contributed by atoms with Gasteiger partial charge in [-0.05, 0) is 29.2 Å². The third kappa shape index (κ3) is 2.95.